The molecule has 2 atom stereocenters. The molecule has 1 amide bonds. The van der Waals surface area contributed by atoms with Gasteiger partial charge in [-0.05, 0) is 42.4 Å². The molecule has 0 aliphatic heterocycles. The van der Waals surface area contributed by atoms with Crippen molar-refractivity contribution in [2.45, 2.75) is 51.6 Å². The third-order valence-corrected chi connectivity index (χ3v) is 3.73. The molecule has 0 spiro atoms. The van der Waals surface area contributed by atoms with Gasteiger partial charge in [0.1, 0.15) is 0 Å². The lowest BCUT2D eigenvalue weighted by molar-refractivity contribution is -0.119. The van der Waals surface area contributed by atoms with Crippen LogP contribution in [0.2, 0.25) is 0 Å². The lowest BCUT2D eigenvalue weighted by atomic mass is 9.85. The summed E-state index contributed by atoms with van der Waals surface area (Å²) in [6.45, 7) is 3.67. The molecule has 3 heteroatoms. The smallest absolute Gasteiger partial charge is 0.217 e. The van der Waals surface area contributed by atoms with Crippen molar-refractivity contribution in [2.24, 2.45) is 5.73 Å². The molecule has 0 saturated heterocycles. The highest BCUT2D eigenvalue weighted by atomic mass is 16.1. The second-order valence-corrected chi connectivity index (χ2v) is 5.12. The highest BCUT2D eigenvalue weighted by molar-refractivity contribution is 5.73. The number of aryl methyl sites for hydroxylation is 1. The number of hydrogen-bond acceptors (Lipinski definition) is 2. The quantitative estimate of drug-likeness (QED) is 0.861. The van der Waals surface area contributed by atoms with Crippen molar-refractivity contribution in [3.8, 4) is 0 Å². The molecule has 2 rings (SSSR count). The van der Waals surface area contributed by atoms with Gasteiger partial charge in [0.15, 0.2) is 0 Å². The highest BCUT2D eigenvalue weighted by Crippen LogP contribution is 2.31. The van der Waals surface area contributed by atoms with Gasteiger partial charge in [-0.2, -0.15) is 0 Å². The van der Waals surface area contributed by atoms with Crippen molar-refractivity contribution < 1.29 is 4.79 Å². The van der Waals surface area contributed by atoms with E-state index in [1.807, 2.05) is 0 Å². The zero-order valence-corrected chi connectivity index (χ0v) is 11.2. The van der Waals surface area contributed by atoms with Crippen molar-refractivity contribution in [3.05, 3.63) is 34.9 Å². The zero-order valence-electron chi connectivity index (χ0n) is 11.2. The van der Waals surface area contributed by atoms with E-state index in [-0.39, 0.29) is 18.0 Å². The van der Waals surface area contributed by atoms with Crippen LogP contribution in [0.5, 0.6) is 0 Å². The second kappa shape index (κ2) is 5.53. The van der Waals surface area contributed by atoms with Gasteiger partial charge in [0.25, 0.3) is 0 Å². The highest BCUT2D eigenvalue weighted by Gasteiger charge is 2.21. The molecule has 0 saturated carbocycles. The molecular weight excluding hydrogens is 224 g/mol. The van der Waals surface area contributed by atoms with E-state index in [1.165, 1.54) is 16.7 Å². The summed E-state index contributed by atoms with van der Waals surface area (Å²) in [5.74, 6) is 0.0399. The van der Waals surface area contributed by atoms with Crippen molar-refractivity contribution in [1.82, 2.24) is 5.32 Å². The molecule has 1 aromatic rings. The average molecular weight is 246 g/mol. The van der Waals surface area contributed by atoms with Gasteiger partial charge in [-0.25, -0.2) is 0 Å². The third kappa shape index (κ3) is 2.72. The first-order chi connectivity index (χ1) is 8.61. The van der Waals surface area contributed by atoms with Gasteiger partial charge in [-0.3, -0.25) is 4.79 Å². The van der Waals surface area contributed by atoms with Crippen LogP contribution >= 0.6 is 0 Å². The van der Waals surface area contributed by atoms with Gasteiger partial charge < -0.3 is 11.1 Å². The lowest BCUT2D eigenvalue weighted by Gasteiger charge is -2.27. The van der Waals surface area contributed by atoms with E-state index in [2.05, 4.69) is 30.4 Å². The summed E-state index contributed by atoms with van der Waals surface area (Å²) in [6.07, 6.45) is 4.20. The van der Waals surface area contributed by atoms with E-state index in [0.29, 0.717) is 0 Å². The molecule has 1 aromatic carbocycles. The van der Waals surface area contributed by atoms with Crippen molar-refractivity contribution in [3.63, 3.8) is 0 Å². The Hall–Kier alpha value is -1.35. The molecule has 1 aliphatic carbocycles. The maximum Gasteiger partial charge on any atom is 0.217 e. The molecule has 0 bridgehead atoms. The summed E-state index contributed by atoms with van der Waals surface area (Å²) in [5, 5.41) is 3.04. The fourth-order valence-electron chi connectivity index (χ4n) is 2.68. The second-order valence-electron chi connectivity index (χ2n) is 5.12. The third-order valence-electron chi connectivity index (χ3n) is 3.73. The Kier molecular flexibility index (Phi) is 4.02. The standard InChI is InChI=1S/C15H22N2O/c1-3-14(16)12-8-7-11-5-4-6-15(13(11)9-12)17-10(2)18/h7-9,14-15H,3-6,16H2,1-2H3,(H,17,18). The molecule has 18 heavy (non-hydrogen) atoms. The number of carbonyl (C=O) groups excluding carboxylic acids is 1. The molecule has 1 aliphatic rings. The van der Waals surface area contributed by atoms with E-state index in [4.69, 9.17) is 5.73 Å². The first-order valence-electron chi connectivity index (χ1n) is 6.77. The van der Waals surface area contributed by atoms with E-state index in [0.717, 1.165) is 25.7 Å². The van der Waals surface area contributed by atoms with Gasteiger partial charge in [-0.15, -0.1) is 0 Å². The molecular formula is C15H22N2O. The minimum atomic E-state index is 0.0399. The number of nitrogens with two attached hydrogens (primary N) is 1. The Morgan fingerprint density at radius 3 is 3.00 bits per heavy atom. The maximum atomic E-state index is 11.3. The average Bonchev–Trinajstić information content (AvgIpc) is 2.37. The van der Waals surface area contributed by atoms with E-state index in [1.54, 1.807) is 6.92 Å². The van der Waals surface area contributed by atoms with Crippen molar-refractivity contribution in [1.29, 1.82) is 0 Å². The predicted molar refractivity (Wildman–Crippen MR) is 73.2 cm³/mol. The Morgan fingerprint density at radius 2 is 2.33 bits per heavy atom. The van der Waals surface area contributed by atoms with Gasteiger partial charge in [-0.1, -0.05) is 25.1 Å². The lowest BCUT2D eigenvalue weighted by Crippen LogP contribution is -2.29. The van der Waals surface area contributed by atoms with Gasteiger partial charge in [0.2, 0.25) is 5.91 Å². The Bertz CT molecular complexity index is 442. The number of amides is 1. The molecule has 0 heterocycles. The minimum absolute atomic E-state index is 0.0399. The maximum absolute atomic E-state index is 11.3. The van der Waals surface area contributed by atoms with Crippen LogP contribution in [0.15, 0.2) is 18.2 Å². The number of hydrogen-bond donors (Lipinski definition) is 2. The predicted octanol–water partition coefficient (Wildman–Crippen LogP) is 2.61. The van der Waals surface area contributed by atoms with Crippen LogP contribution in [0.25, 0.3) is 0 Å². The molecule has 0 fully saturated rings. The van der Waals surface area contributed by atoms with E-state index >= 15 is 0 Å². The van der Waals surface area contributed by atoms with Gasteiger partial charge >= 0.3 is 0 Å². The van der Waals surface area contributed by atoms with Crippen LogP contribution in [-0.2, 0) is 11.2 Å². The van der Waals surface area contributed by atoms with Crippen molar-refractivity contribution in [2.75, 3.05) is 0 Å². The first kappa shape index (κ1) is 13.1. The molecule has 3 nitrogen and oxygen atoms in total. The molecule has 3 N–H and O–H groups in total. The summed E-state index contributed by atoms with van der Waals surface area (Å²) in [7, 11) is 0. The summed E-state index contributed by atoms with van der Waals surface area (Å²) >= 11 is 0. The largest absolute Gasteiger partial charge is 0.350 e. The summed E-state index contributed by atoms with van der Waals surface area (Å²) in [4.78, 5) is 11.3. The topological polar surface area (TPSA) is 55.1 Å². The first-order valence-corrected chi connectivity index (χ1v) is 6.77. The van der Waals surface area contributed by atoms with E-state index < -0.39 is 0 Å². The number of nitrogens with one attached hydrogen (secondary N) is 1. The van der Waals surface area contributed by atoms with Crippen LogP contribution in [0.4, 0.5) is 0 Å². The van der Waals surface area contributed by atoms with Crippen LogP contribution in [0, 0.1) is 0 Å². The fraction of sp³-hybridized carbons (Fsp3) is 0.533. The number of rotatable bonds is 3. The summed E-state index contributed by atoms with van der Waals surface area (Å²) in [6, 6.07) is 6.74. The van der Waals surface area contributed by atoms with Crippen LogP contribution < -0.4 is 11.1 Å². The fourth-order valence-corrected chi connectivity index (χ4v) is 2.68. The van der Waals surface area contributed by atoms with E-state index in [9.17, 15) is 4.79 Å². The van der Waals surface area contributed by atoms with Gasteiger partial charge in [0.05, 0.1) is 6.04 Å². The molecule has 2 unspecified atom stereocenters. The van der Waals surface area contributed by atoms with Crippen LogP contribution in [0.1, 0.15) is 61.9 Å². The van der Waals surface area contributed by atoms with Crippen LogP contribution in [0.3, 0.4) is 0 Å². The Balaban J connectivity index is 2.31. The van der Waals surface area contributed by atoms with Crippen LogP contribution in [-0.4, -0.2) is 5.91 Å². The normalized spacial score (nSPS) is 20.1. The van der Waals surface area contributed by atoms with Crippen molar-refractivity contribution >= 4 is 5.91 Å². The summed E-state index contributed by atoms with van der Waals surface area (Å²) < 4.78 is 0. The minimum Gasteiger partial charge on any atom is -0.350 e. The molecule has 98 valence electrons. The zero-order chi connectivity index (χ0) is 13.1. The molecule has 0 radical (unpaired) electrons. The number of benzene rings is 1. The molecule has 0 aromatic heterocycles. The SMILES string of the molecule is CCC(N)c1ccc2c(c1)C(NC(C)=O)CCC2. The number of fused-ring (bicyclic) bond motifs is 1. The Labute approximate surface area is 109 Å². The van der Waals surface area contributed by atoms with Gasteiger partial charge in [0, 0.05) is 13.0 Å². The monoisotopic (exact) mass is 246 g/mol. The summed E-state index contributed by atoms with van der Waals surface area (Å²) in [5.41, 5.74) is 9.88. The number of carbonyl (C=O) groups is 1. The Morgan fingerprint density at radius 1 is 1.56 bits per heavy atom.